The fourth-order valence-corrected chi connectivity index (χ4v) is 2.56. The summed E-state index contributed by atoms with van der Waals surface area (Å²) in [6.07, 6.45) is 4.83. The third-order valence-corrected chi connectivity index (χ3v) is 4.77. The highest BCUT2D eigenvalue weighted by Gasteiger charge is 2.13. The van der Waals surface area contributed by atoms with E-state index in [-0.39, 0.29) is 18.1 Å². The first-order chi connectivity index (χ1) is 13.4. The van der Waals surface area contributed by atoms with Gasteiger partial charge in [-0.3, -0.25) is 5.01 Å². The van der Waals surface area contributed by atoms with Crippen molar-refractivity contribution < 1.29 is 0 Å². The minimum Gasteiger partial charge on any atom is -0.378 e. The summed E-state index contributed by atoms with van der Waals surface area (Å²) in [4.78, 5) is 0. The summed E-state index contributed by atoms with van der Waals surface area (Å²) in [6, 6.07) is 10.2. The van der Waals surface area contributed by atoms with E-state index < -0.39 is 0 Å². The van der Waals surface area contributed by atoms with E-state index in [1.807, 2.05) is 49.3 Å². The number of nitrogens with zero attached hydrogens (tertiary/aromatic N) is 4. The van der Waals surface area contributed by atoms with Gasteiger partial charge in [-0.05, 0) is 52.3 Å². The van der Waals surface area contributed by atoms with Crippen molar-refractivity contribution in [2.75, 3.05) is 25.5 Å². The molecule has 0 aliphatic carbocycles. The fraction of sp³-hybridized carbons (Fsp3) is 0.500. The van der Waals surface area contributed by atoms with Gasteiger partial charge in [-0.25, -0.2) is 0 Å². The normalized spacial score (nSPS) is 14.9. The maximum atomic E-state index is 9.09. The number of hydrogen-bond acceptors (Lipinski definition) is 5. The summed E-state index contributed by atoms with van der Waals surface area (Å²) in [5.74, 6) is 0. The minimum absolute atomic E-state index is 0.0855. The summed E-state index contributed by atoms with van der Waals surface area (Å²) in [5.41, 5.74) is 2.86. The van der Waals surface area contributed by atoms with Gasteiger partial charge in [0.15, 0.2) is 0 Å². The first-order valence-corrected chi connectivity index (χ1v) is 9.76. The molecule has 1 aromatic carbocycles. The lowest BCUT2D eigenvalue weighted by molar-refractivity contribution is 0.304. The predicted octanol–water partition coefficient (Wildman–Crippen LogP) is 4.55. The fourth-order valence-electron chi connectivity index (χ4n) is 2.56. The average Bonchev–Trinajstić information content (AvgIpc) is 2.72. The largest absolute Gasteiger partial charge is 0.378 e. The van der Waals surface area contributed by atoms with E-state index in [2.05, 4.69) is 60.5 Å². The molecule has 152 valence electrons. The van der Waals surface area contributed by atoms with Crippen LogP contribution < -0.4 is 10.6 Å². The Hall–Kier alpha value is -2.65. The van der Waals surface area contributed by atoms with E-state index >= 15 is 0 Å². The van der Waals surface area contributed by atoms with Gasteiger partial charge in [0.1, 0.15) is 0 Å². The van der Waals surface area contributed by atoms with Gasteiger partial charge in [-0.2, -0.15) is 10.4 Å². The van der Waals surface area contributed by atoms with Crippen molar-refractivity contribution in [3.8, 4) is 6.07 Å². The molecule has 0 aliphatic heterocycles. The van der Waals surface area contributed by atoms with Crippen LogP contribution in [0.3, 0.4) is 0 Å². The van der Waals surface area contributed by atoms with Crippen LogP contribution in [0.2, 0.25) is 0 Å². The van der Waals surface area contributed by atoms with Gasteiger partial charge in [0.05, 0.1) is 17.7 Å². The van der Waals surface area contributed by atoms with Crippen molar-refractivity contribution in [2.24, 2.45) is 10.3 Å². The third kappa shape index (κ3) is 8.36. The quantitative estimate of drug-likeness (QED) is 0.316. The molecule has 0 radical (unpaired) electrons. The molecule has 6 nitrogen and oxygen atoms in total. The van der Waals surface area contributed by atoms with Crippen LogP contribution in [0, 0.1) is 11.3 Å². The lowest BCUT2D eigenvalue weighted by Crippen LogP contribution is -2.34. The Morgan fingerprint density at radius 3 is 2.79 bits per heavy atom. The molecule has 6 heteroatoms. The number of nitrogens with one attached hydrogen (secondary N) is 2. The van der Waals surface area contributed by atoms with Crippen LogP contribution in [-0.4, -0.2) is 43.3 Å². The Labute approximate surface area is 170 Å². The van der Waals surface area contributed by atoms with Crippen LogP contribution in [0.15, 0.2) is 58.9 Å². The van der Waals surface area contributed by atoms with Gasteiger partial charge in [0, 0.05) is 37.9 Å². The summed E-state index contributed by atoms with van der Waals surface area (Å²) >= 11 is 0. The number of allylic oxidation sites excluding steroid dienone is 1. The molecule has 0 heterocycles. The molecule has 0 saturated carbocycles. The summed E-state index contributed by atoms with van der Waals surface area (Å²) in [5, 5.41) is 26.6. The van der Waals surface area contributed by atoms with Gasteiger partial charge in [-0.1, -0.05) is 29.0 Å². The highest BCUT2D eigenvalue weighted by atomic mass is 15.5. The molecule has 0 bridgehead atoms. The lowest BCUT2D eigenvalue weighted by atomic mass is 10.0. The van der Waals surface area contributed by atoms with Crippen LogP contribution in [-0.2, 0) is 0 Å². The number of nitriles is 1. The number of benzene rings is 1. The second kappa shape index (κ2) is 12.7. The molecule has 2 N–H and O–H groups in total. The number of anilines is 1. The molecule has 2 unspecified atom stereocenters. The molecular weight excluding hydrogens is 348 g/mol. The third-order valence-electron chi connectivity index (χ3n) is 4.77. The predicted molar refractivity (Wildman–Crippen MR) is 117 cm³/mol. The highest BCUT2D eigenvalue weighted by molar-refractivity contribution is 5.50. The van der Waals surface area contributed by atoms with Crippen molar-refractivity contribution in [2.45, 2.75) is 52.2 Å². The second-order valence-electron chi connectivity index (χ2n) is 7.02. The molecular formula is C22H34N6. The monoisotopic (exact) mass is 382 g/mol. The summed E-state index contributed by atoms with van der Waals surface area (Å²) in [6.45, 7) is 13.5. The van der Waals surface area contributed by atoms with E-state index in [9.17, 15) is 0 Å². The molecule has 3 atom stereocenters. The van der Waals surface area contributed by atoms with E-state index in [1.165, 1.54) is 5.57 Å². The Kier molecular flexibility index (Phi) is 10.6. The lowest BCUT2D eigenvalue weighted by Gasteiger charge is -2.23. The zero-order chi connectivity index (χ0) is 20.9. The maximum Gasteiger partial charge on any atom is 0.0992 e. The number of rotatable bonds is 12. The Morgan fingerprint density at radius 1 is 1.39 bits per heavy atom. The molecule has 28 heavy (non-hydrogen) atoms. The topological polar surface area (TPSA) is 75.8 Å². The van der Waals surface area contributed by atoms with Crippen LogP contribution >= 0.6 is 0 Å². The van der Waals surface area contributed by atoms with Gasteiger partial charge in [0.25, 0.3) is 0 Å². The van der Waals surface area contributed by atoms with Gasteiger partial charge < -0.3 is 10.6 Å². The van der Waals surface area contributed by atoms with Crippen LogP contribution in [0.25, 0.3) is 0 Å². The van der Waals surface area contributed by atoms with Crippen molar-refractivity contribution in [3.05, 3.63) is 54.1 Å². The molecule has 0 amide bonds. The summed E-state index contributed by atoms with van der Waals surface area (Å²) in [7, 11) is 1.94. The Morgan fingerprint density at radius 2 is 2.14 bits per heavy atom. The first kappa shape index (κ1) is 23.4. The maximum absolute atomic E-state index is 9.09. The van der Waals surface area contributed by atoms with Crippen LogP contribution in [0.1, 0.15) is 39.7 Å². The van der Waals surface area contributed by atoms with E-state index in [1.54, 1.807) is 0 Å². The number of hydrogen-bond donors (Lipinski definition) is 2. The molecule has 0 saturated heterocycles. The molecule has 0 aromatic heterocycles. The molecule has 0 fully saturated rings. The van der Waals surface area contributed by atoms with E-state index in [0.29, 0.717) is 5.56 Å². The molecule has 1 aromatic rings. The van der Waals surface area contributed by atoms with E-state index in [4.69, 9.17) is 5.26 Å². The van der Waals surface area contributed by atoms with Crippen LogP contribution in [0.4, 0.5) is 5.69 Å². The van der Waals surface area contributed by atoms with Gasteiger partial charge in [0.2, 0.25) is 0 Å². The molecule has 0 aliphatic rings. The zero-order valence-corrected chi connectivity index (χ0v) is 17.8. The van der Waals surface area contributed by atoms with Gasteiger partial charge in [-0.15, -0.1) is 6.58 Å². The smallest absolute Gasteiger partial charge is 0.0992 e. The van der Waals surface area contributed by atoms with Crippen molar-refractivity contribution in [3.63, 3.8) is 0 Å². The average molecular weight is 383 g/mol. The van der Waals surface area contributed by atoms with Gasteiger partial charge >= 0.3 is 0 Å². The second-order valence-corrected chi connectivity index (χ2v) is 7.02. The Bertz CT molecular complexity index is 703. The minimum atomic E-state index is 0.0855. The summed E-state index contributed by atoms with van der Waals surface area (Å²) < 4.78 is 0. The first-order valence-electron chi connectivity index (χ1n) is 9.76. The molecule has 0 spiro atoms. The molecule has 1 rings (SSSR count). The highest BCUT2D eigenvalue weighted by Crippen LogP contribution is 2.17. The van der Waals surface area contributed by atoms with E-state index in [0.717, 1.165) is 25.2 Å². The van der Waals surface area contributed by atoms with Crippen molar-refractivity contribution >= 4 is 5.69 Å². The standard InChI is InChI=1S/C22H34N6/c1-7-13-24-18(4)19(5)26-27-28(6)14-12-22(17(3)8-2)25-21-11-9-10-20(15-21)16-23/h7-11,15,18-19,22,24-25H,1,12-14H2,2-6H3/b17-8+,27-26?/t18-,19?,22?/m0/s1. The van der Waals surface area contributed by atoms with Crippen LogP contribution in [0.5, 0.6) is 0 Å². The SMILES string of the molecule is C=CCN[C@@H](C)C(C)N=NN(C)CCC(Nc1cccc(C#N)c1)/C(C)=C/C. The van der Waals surface area contributed by atoms with Crippen molar-refractivity contribution in [1.29, 1.82) is 5.26 Å². The zero-order valence-electron chi connectivity index (χ0n) is 17.8. The Balaban J connectivity index is 2.64. The van der Waals surface area contributed by atoms with Crippen molar-refractivity contribution in [1.82, 2.24) is 10.3 Å².